The quantitative estimate of drug-likeness (QED) is 0.148. The molecule has 2 N–H and O–H groups in total. The number of hydrogen-bond donors (Lipinski definition) is 2. The standard InChI is InChI=1S/2C7H11NS.C5H5N.6C5H12.3C4H4N2.2C3H4N2/c1-7(2,3)6-4-8-5-9-6;1-7(2,3)6-8-4-5-9-6;1-2-4-6-5-3-1;6*1-5(2,3)4;1-2-6-4-3-5-1;1-2-5-4-6-3-1;1-2-4-6-5-3-1;1-2-5-3-4-1;1-2-4-5-3-1/h2*4-5H,1-3H3;1-5H;6*1-4H3;3*1-4H;2*1-3H,(H,4,5). The van der Waals surface area contributed by atoms with E-state index in [1.54, 1.807) is 122 Å². The summed E-state index contributed by atoms with van der Waals surface area (Å²) >= 11 is 3.44. The molecule has 8 aromatic rings. The molecule has 0 unspecified atom stereocenters. The number of H-pyrrole nitrogens is 2. The number of rotatable bonds is 0. The van der Waals surface area contributed by atoms with Crippen LogP contribution in [-0.4, -0.2) is 65.3 Å². The van der Waals surface area contributed by atoms with E-state index in [0.717, 1.165) is 0 Å². The molecular formula is C67H119N13S2. The monoisotopic (exact) mass is 1170 g/mol. The normalized spacial score (nSPS) is 10.3. The largest absolute Gasteiger partial charge is 0.351 e. The first-order chi connectivity index (χ1) is 37.2. The minimum atomic E-state index is 0.230. The van der Waals surface area contributed by atoms with E-state index in [2.05, 4.69) is 273 Å². The van der Waals surface area contributed by atoms with Gasteiger partial charge in [-0.3, -0.25) is 25.0 Å². The van der Waals surface area contributed by atoms with Gasteiger partial charge in [0.1, 0.15) is 6.33 Å². The van der Waals surface area contributed by atoms with Crippen LogP contribution in [0.25, 0.3) is 0 Å². The van der Waals surface area contributed by atoms with Crippen LogP contribution in [-0.2, 0) is 10.8 Å². The molecule has 13 nitrogen and oxygen atoms in total. The van der Waals surface area contributed by atoms with Crippen LogP contribution in [0.4, 0.5) is 0 Å². The van der Waals surface area contributed by atoms with E-state index in [9.17, 15) is 0 Å². The first-order valence-corrected chi connectivity index (χ1v) is 29.6. The van der Waals surface area contributed by atoms with Crippen molar-refractivity contribution in [1.29, 1.82) is 0 Å². The molecule has 0 amide bonds. The van der Waals surface area contributed by atoms with Gasteiger partial charge < -0.3 is 4.98 Å². The van der Waals surface area contributed by atoms with E-state index in [0.29, 0.717) is 32.5 Å². The van der Waals surface area contributed by atoms with Gasteiger partial charge in [-0.05, 0) is 74.3 Å². The molecule has 0 saturated carbocycles. The number of hydrogen-bond acceptors (Lipinski definition) is 13. The highest BCUT2D eigenvalue weighted by molar-refractivity contribution is 7.10. The summed E-state index contributed by atoms with van der Waals surface area (Å²) < 4.78 is 0. The maximum atomic E-state index is 4.21. The molecule has 0 bridgehead atoms. The summed E-state index contributed by atoms with van der Waals surface area (Å²) in [6.45, 7) is 65.6. The predicted molar refractivity (Wildman–Crippen MR) is 360 cm³/mol. The van der Waals surface area contributed by atoms with Crippen molar-refractivity contribution in [3.8, 4) is 0 Å². The molecule has 0 atom stereocenters. The first kappa shape index (κ1) is 87.3. The molecule has 0 aliphatic carbocycles. The molecule has 464 valence electrons. The van der Waals surface area contributed by atoms with E-state index in [1.165, 1.54) is 16.2 Å². The third-order valence-corrected chi connectivity index (χ3v) is 7.46. The van der Waals surface area contributed by atoms with Gasteiger partial charge in [0, 0.05) is 115 Å². The Labute approximate surface area is 511 Å². The lowest BCUT2D eigenvalue weighted by Crippen LogP contribution is -2.09. The van der Waals surface area contributed by atoms with Gasteiger partial charge in [-0.1, -0.05) is 214 Å². The molecule has 0 fully saturated rings. The van der Waals surface area contributed by atoms with Gasteiger partial charge in [0.15, 0.2) is 0 Å². The van der Waals surface area contributed by atoms with Gasteiger partial charge in [0.25, 0.3) is 0 Å². The second-order valence-electron chi connectivity index (χ2n) is 29.5. The van der Waals surface area contributed by atoms with Gasteiger partial charge in [0.05, 0.1) is 16.8 Å². The van der Waals surface area contributed by atoms with Gasteiger partial charge >= 0.3 is 0 Å². The maximum Gasteiger partial charge on any atom is 0.115 e. The molecule has 8 heterocycles. The smallest absolute Gasteiger partial charge is 0.115 e. The molecule has 0 radical (unpaired) electrons. The summed E-state index contributed by atoms with van der Waals surface area (Å²) in [5, 5.41) is 16.5. The third-order valence-electron chi connectivity index (χ3n) is 5.06. The van der Waals surface area contributed by atoms with Gasteiger partial charge in [-0.2, -0.15) is 15.3 Å². The van der Waals surface area contributed by atoms with Crippen molar-refractivity contribution >= 4 is 22.7 Å². The second kappa shape index (κ2) is 50.8. The summed E-state index contributed by atoms with van der Waals surface area (Å²) in [6.07, 6.45) is 30.5. The Kier molecular flexibility index (Phi) is 54.1. The Balaban J connectivity index is -0.000000191. The average Bonchev–Trinajstić information content (AvgIpc) is 4.19. The molecule has 0 aliphatic rings. The fourth-order valence-corrected chi connectivity index (χ4v) is 4.12. The minimum Gasteiger partial charge on any atom is -0.351 e. The fraction of sp³-hybridized carbons (Fsp3) is 0.567. The summed E-state index contributed by atoms with van der Waals surface area (Å²) in [7, 11) is 0. The average molecular weight is 1170 g/mol. The Morgan fingerprint density at radius 1 is 0.329 bits per heavy atom. The Morgan fingerprint density at radius 2 is 0.720 bits per heavy atom. The molecule has 0 spiro atoms. The number of nitrogens with one attached hydrogen (secondary N) is 2. The van der Waals surface area contributed by atoms with Crippen LogP contribution in [0.3, 0.4) is 0 Å². The van der Waals surface area contributed by atoms with E-state index in [4.69, 9.17) is 0 Å². The van der Waals surface area contributed by atoms with Gasteiger partial charge in [-0.25, -0.2) is 19.9 Å². The van der Waals surface area contributed by atoms with Crippen LogP contribution in [0.1, 0.15) is 218 Å². The zero-order valence-corrected chi connectivity index (χ0v) is 59.0. The third kappa shape index (κ3) is 135. The van der Waals surface area contributed by atoms with E-state index in [1.807, 2.05) is 59.7 Å². The number of thiazole rings is 2. The lowest BCUT2D eigenvalue weighted by atomic mass is 9.96. The summed E-state index contributed by atoms with van der Waals surface area (Å²) in [4.78, 5) is 34.6. The lowest BCUT2D eigenvalue weighted by molar-refractivity contribution is 0.469. The molecule has 0 aliphatic heterocycles. The molecule has 0 aromatic carbocycles. The number of imidazole rings is 1. The fourth-order valence-electron chi connectivity index (χ4n) is 2.68. The highest BCUT2D eigenvalue weighted by Crippen LogP contribution is 2.25. The second-order valence-corrected chi connectivity index (χ2v) is 31.2. The Morgan fingerprint density at radius 3 is 0.841 bits per heavy atom. The lowest BCUT2D eigenvalue weighted by Gasteiger charge is -2.13. The summed E-state index contributed by atoms with van der Waals surface area (Å²) in [5.74, 6) is 0. The maximum absolute atomic E-state index is 4.21. The van der Waals surface area contributed by atoms with Crippen molar-refractivity contribution in [3.05, 3.63) is 175 Å². The summed E-state index contributed by atoms with van der Waals surface area (Å²) in [5.41, 5.74) is 5.38. The Hall–Kier alpha value is -5.93. The van der Waals surface area contributed by atoms with Crippen LogP contribution in [0.2, 0.25) is 0 Å². The highest BCUT2D eigenvalue weighted by atomic mass is 32.1. The van der Waals surface area contributed by atoms with Crippen molar-refractivity contribution in [2.24, 2.45) is 32.5 Å². The molecule has 15 heteroatoms. The molecule has 8 aromatic heterocycles. The van der Waals surface area contributed by atoms with Crippen molar-refractivity contribution in [2.45, 2.75) is 219 Å². The van der Waals surface area contributed by atoms with E-state index >= 15 is 0 Å². The van der Waals surface area contributed by atoms with E-state index < -0.39 is 0 Å². The van der Waals surface area contributed by atoms with E-state index in [-0.39, 0.29) is 10.8 Å². The molecule has 0 saturated heterocycles. The van der Waals surface area contributed by atoms with Crippen molar-refractivity contribution in [1.82, 2.24) is 65.3 Å². The van der Waals surface area contributed by atoms with Crippen molar-refractivity contribution in [3.63, 3.8) is 0 Å². The van der Waals surface area contributed by atoms with Crippen LogP contribution in [0, 0.1) is 32.5 Å². The molecule has 8 rings (SSSR count). The van der Waals surface area contributed by atoms with Crippen molar-refractivity contribution in [2.75, 3.05) is 0 Å². The number of nitrogens with zero attached hydrogens (tertiary/aromatic N) is 11. The molecule has 82 heavy (non-hydrogen) atoms. The predicted octanol–water partition coefficient (Wildman–Crippen LogP) is 20.5. The minimum absolute atomic E-state index is 0.230. The molecular weight excluding hydrogens is 1050 g/mol. The first-order valence-electron chi connectivity index (χ1n) is 27.8. The van der Waals surface area contributed by atoms with Crippen molar-refractivity contribution < 1.29 is 0 Å². The van der Waals surface area contributed by atoms with Crippen LogP contribution in [0.5, 0.6) is 0 Å². The Bertz CT molecular complexity index is 1830. The van der Waals surface area contributed by atoms with Crippen LogP contribution in [0.15, 0.2) is 165 Å². The van der Waals surface area contributed by atoms with Crippen LogP contribution < -0.4 is 0 Å². The number of aromatic amines is 2. The van der Waals surface area contributed by atoms with Gasteiger partial charge in [0.2, 0.25) is 0 Å². The topological polar surface area (TPSA) is 173 Å². The number of pyridine rings is 1. The summed E-state index contributed by atoms with van der Waals surface area (Å²) in [6, 6.07) is 13.0. The zero-order chi connectivity index (χ0) is 64.9. The zero-order valence-electron chi connectivity index (χ0n) is 57.3. The van der Waals surface area contributed by atoms with Gasteiger partial charge in [-0.15, -0.1) is 22.7 Å². The SMILES string of the molecule is CC(C)(C)C.CC(C)(C)C.CC(C)(C)C.CC(C)(C)C.CC(C)(C)C.CC(C)(C)C.CC(C)(C)c1cncs1.CC(C)(C)c1nccs1.c1c[nH]cn1.c1ccncc1.c1ccnnc1.c1cn[nH]c1.c1cnccn1.c1cncnc1. The highest BCUT2D eigenvalue weighted by Gasteiger charge is 2.15. The van der Waals surface area contributed by atoms with Crippen LogP contribution >= 0.6 is 22.7 Å². The number of aromatic nitrogens is 13.